The molecular weight excluding hydrogens is 218 g/mol. The zero-order valence-corrected chi connectivity index (χ0v) is 10.6. The predicted molar refractivity (Wildman–Crippen MR) is 64.8 cm³/mol. The van der Waals surface area contributed by atoms with Crippen LogP contribution in [0.25, 0.3) is 0 Å². The summed E-state index contributed by atoms with van der Waals surface area (Å²) in [5.41, 5.74) is -0.240. The first-order chi connectivity index (χ1) is 8.21. The highest BCUT2D eigenvalue weighted by Crippen LogP contribution is 2.33. The van der Waals surface area contributed by atoms with Crippen molar-refractivity contribution >= 4 is 6.29 Å². The van der Waals surface area contributed by atoms with Gasteiger partial charge in [0.25, 0.3) is 0 Å². The van der Waals surface area contributed by atoms with Crippen molar-refractivity contribution in [3.63, 3.8) is 0 Å². The first kappa shape index (κ1) is 13.0. The molecule has 0 bridgehead atoms. The molecule has 0 aromatic rings. The quantitative estimate of drug-likeness (QED) is 0.736. The molecule has 2 aliphatic heterocycles. The van der Waals surface area contributed by atoms with Crippen LogP contribution in [0.1, 0.15) is 26.2 Å². The number of carbonyl (C=O) groups is 1. The standard InChI is InChI=1S/C13H23NO3/c1-11-2-5-14(12(11)8-15)9-13(10-16)3-6-17-7-4-13/h10-12,15H,2-9H2,1H3. The van der Waals surface area contributed by atoms with E-state index in [0.29, 0.717) is 19.1 Å². The van der Waals surface area contributed by atoms with Crippen LogP contribution in [0.2, 0.25) is 0 Å². The highest BCUT2D eigenvalue weighted by molar-refractivity contribution is 5.60. The van der Waals surface area contributed by atoms with E-state index >= 15 is 0 Å². The summed E-state index contributed by atoms with van der Waals surface area (Å²) in [5.74, 6) is 0.531. The lowest BCUT2D eigenvalue weighted by molar-refractivity contribution is -0.123. The summed E-state index contributed by atoms with van der Waals surface area (Å²) in [6.45, 7) is 5.54. The van der Waals surface area contributed by atoms with E-state index in [9.17, 15) is 9.90 Å². The van der Waals surface area contributed by atoms with Gasteiger partial charge in [0.15, 0.2) is 0 Å². The van der Waals surface area contributed by atoms with Gasteiger partial charge in [0.05, 0.1) is 6.61 Å². The Morgan fingerprint density at radius 3 is 2.76 bits per heavy atom. The minimum absolute atomic E-state index is 0.201. The smallest absolute Gasteiger partial charge is 0.127 e. The number of aldehydes is 1. The number of aliphatic hydroxyl groups excluding tert-OH is 1. The highest BCUT2D eigenvalue weighted by Gasteiger charge is 2.39. The van der Waals surface area contributed by atoms with Crippen LogP contribution < -0.4 is 0 Å². The van der Waals surface area contributed by atoms with Crippen LogP contribution in [0, 0.1) is 11.3 Å². The summed E-state index contributed by atoms with van der Waals surface area (Å²) in [5, 5.41) is 9.44. The molecule has 1 N–H and O–H groups in total. The van der Waals surface area contributed by atoms with Crippen molar-refractivity contribution < 1.29 is 14.6 Å². The zero-order chi connectivity index (χ0) is 12.3. The molecule has 0 aromatic heterocycles. The first-order valence-corrected chi connectivity index (χ1v) is 6.60. The van der Waals surface area contributed by atoms with Gasteiger partial charge in [-0.25, -0.2) is 0 Å². The molecule has 0 amide bonds. The number of hydrogen-bond acceptors (Lipinski definition) is 4. The Bertz CT molecular complexity index is 263. The molecule has 4 nitrogen and oxygen atoms in total. The van der Waals surface area contributed by atoms with Crippen molar-refractivity contribution in [1.82, 2.24) is 4.90 Å². The van der Waals surface area contributed by atoms with Crippen LogP contribution in [0.3, 0.4) is 0 Å². The van der Waals surface area contributed by atoms with Crippen molar-refractivity contribution in [1.29, 1.82) is 0 Å². The van der Waals surface area contributed by atoms with Crippen LogP contribution in [-0.2, 0) is 9.53 Å². The Morgan fingerprint density at radius 2 is 2.18 bits per heavy atom. The number of aliphatic hydroxyl groups is 1. The Hall–Kier alpha value is -0.450. The monoisotopic (exact) mass is 241 g/mol. The predicted octanol–water partition coefficient (Wildman–Crippen LogP) is 0.685. The molecule has 2 unspecified atom stereocenters. The van der Waals surface area contributed by atoms with E-state index in [1.165, 1.54) is 0 Å². The minimum Gasteiger partial charge on any atom is -0.395 e. The third kappa shape index (κ3) is 2.69. The molecule has 2 aliphatic rings. The minimum atomic E-state index is -0.240. The largest absolute Gasteiger partial charge is 0.395 e. The van der Waals surface area contributed by atoms with Gasteiger partial charge in [-0.05, 0) is 31.7 Å². The van der Waals surface area contributed by atoms with Gasteiger partial charge < -0.3 is 14.6 Å². The van der Waals surface area contributed by atoms with E-state index in [1.807, 2.05) is 0 Å². The van der Waals surface area contributed by atoms with Crippen molar-refractivity contribution in [3.05, 3.63) is 0 Å². The fourth-order valence-corrected chi connectivity index (χ4v) is 3.07. The molecule has 0 spiro atoms. The lowest BCUT2D eigenvalue weighted by atomic mass is 9.81. The lowest BCUT2D eigenvalue weighted by Gasteiger charge is -2.37. The van der Waals surface area contributed by atoms with Gasteiger partial charge in [-0.3, -0.25) is 4.90 Å². The molecule has 0 saturated carbocycles. The third-order valence-electron chi connectivity index (χ3n) is 4.44. The summed E-state index contributed by atoms with van der Waals surface area (Å²) in [7, 11) is 0. The van der Waals surface area contributed by atoms with Gasteiger partial charge in [0, 0.05) is 31.2 Å². The molecule has 4 heteroatoms. The maximum atomic E-state index is 11.4. The molecule has 2 fully saturated rings. The number of likely N-dealkylation sites (tertiary alicyclic amines) is 1. The average Bonchev–Trinajstić information content (AvgIpc) is 2.71. The van der Waals surface area contributed by atoms with E-state index in [2.05, 4.69) is 11.8 Å². The highest BCUT2D eigenvalue weighted by atomic mass is 16.5. The molecule has 2 rings (SSSR count). The Kier molecular flexibility index (Phi) is 4.17. The number of ether oxygens (including phenoxy) is 1. The topological polar surface area (TPSA) is 49.8 Å². The fourth-order valence-electron chi connectivity index (χ4n) is 3.07. The maximum absolute atomic E-state index is 11.4. The molecule has 2 atom stereocenters. The van der Waals surface area contributed by atoms with Crippen molar-refractivity contribution in [2.24, 2.45) is 11.3 Å². The molecule has 2 saturated heterocycles. The number of nitrogens with zero attached hydrogens (tertiary/aromatic N) is 1. The second-order valence-corrected chi connectivity index (χ2v) is 5.58. The van der Waals surface area contributed by atoms with Crippen molar-refractivity contribution in [3.8, 4) is 0 Å². The Morgan fingerprint density at radius 1 is 1.47 bits per heavy atom. The van der Waals surface area contributed by atoms with Gasteiger partial charge in [-0.2, -0.15) is 0 Å². The summed E-state index contributed by atoms with van der Waals surface area (Å²) < 4.78 is 5.34. The van der Waals surface area contributed by atoms with E-state index in [0.717, 1.165) is 38.6 Å². The second-order valence-electron chi connectivity index (χ2n) is 5.58. The molecule has 17 heavy (non-hydrogen) atoms. The average molecular weight is 241 g/mol. The van der Waals surface area contributed by atoms with Crippen LogP contribution >= 0.6 is 0 Å². The molecule has 0 aromatic carbocycles. The molecular formula is C13H23NO3. The maximum Gasteiger partial charge on any atom is 0.127 e. The normalized spacial score (nSPS) is 33.8. The lowest BCUT2D eigenvalue weighted by Crippen LogP contribution is -2.46. The summed E-state index contributed by atoms with van der Waals surface area (Å²) in [6.07, 6.45) is 3.88. The van der Waals surface area contributed by atoms with Gasteiger partial charge in [0.1, 0.15) is 6.29 Å². The van der Waals surface area contributed by atoms with Gasteiger partial charge >= 0.3 is 0 Å². The van der Waals surface area contributed by atoms with Gasteiger partial charge in [-0.15, -0.1) is 0 Å². The molecule has 0 aliphatic carbocycles. The Balaban J connectivity index is 2.00. The SMILES string of the molecule is CC1CCN(CC2(C=O)CCOCC2)C1CO. The van der Waals surface area contributed by atoms with Crippen LogP contribution in [-0.4, -0.2) is 55.2 Å². The molecule has 98 valence electrons. The second kappa shape index (κ2) is 5.46. The molecule has 2 heterocycles. The van der Waals surface area contributed by atoms with E-state index in [-0.39, 0.29) is 18.1 Å². The van der Waals surface area contributed by atoms with Gasteiger partial charge in [0.2, 0.25) is 0 Å². The van der Waals surface area contributed by atoms with Crippen molar-refractivity contribution in [2.45, 2.75) is 32.2 Å². The van der Waals surface area contributed by atoms with Crippen LogP contribution in [0.4, 0.5) is 0 Å². The Labute approximate surface area is 103 Å². The fraction of sp³-hybridized carbons (Fsp3) is 0.923. The first-order valence-electron chi connectivity index (χ1n) is 6.60. The van der Waals surface area contributed by atoms with E-state index < -0.39 is 0 Å². The summed E-state index contributed by atoms with van der Waals surface area (Å²) in [6, 6.07) is 0.231. The van der Waals surface area contributed by atoms with Gasteiger partial charge in [-0.1, -0.05) is 6.92 Å². The zero-order valence-electron chi connectivity index (χ0n) is 10.6. The number of carbonyl (C=O) groups excluding carboxylic acids is 1. The third-order valence-corrected chi connectivity index (χ3v) is 4.44. The summed E-state index contributed by atoms with van der Waals surface area (Å²) in [4.78, 5) is 13.7. The van der Waals surface area contributed by atoms with Crippen molar-refractivity contribution in [2.75, 3.05) is 32.9 Å². The van der Waals surface area contributed by atoms with E-state index in [4.69, 9.17) is 4.74 Å². The number of hydrogen-bond donors (Lipinski definition) is 1. The van der Waals surface area contributed by atoms with Crippen LogP contribution in [0.5, 0.6) is 0 Å². The van der Waals surface area contributed by atoms with E-state index in [1.54, 1.807) is 0 Å². The summed E-state index contributed by atoms with van der Waals surface area (Å²) >= 11 is 0. The van der Waals surface area contributed by atoms with Crippen LogP contribution in [0.15, 0.2) is 0 Å². The molecule has 0 radical (unpaired) electrons. The number of rotatable bonds is 4.